The zero-order valence-corrected chi connectivity index (χ0v) is 11.6. The fourth-order valence-corrected chi connectivity index (χ4v) is 2.80. The maximum absolute atomic E-state index is 12.4. The number of sulfone groups is 1. The van der Waals surface area contributed by atoms with Gasteiger partial charge in [0.05, 0.1) is 12.0 Å². The molecule has 99 valence electrons. The van der Waals surface area contributed by atoms with Crippen LogP contribution in [-0.2, 0) is 9.84 Å². The van der Waals surface area contributed by atoms with Crippen LogP contribution in [0.1, 0.15) is 11.1 Å². The fourth-order valence-electron chi connectivity index (χ4n) is 1.62. The van der Waals surface area contributed by atoms with Gasteiger partial charge in [0.25, 0.3) is 0 Å². The van der Waals surface area contributed by atoms with Crippen LogP contribution in [0.4, 0.5) is 0 Å². The third-order valence-corrected chi connectivity index (χ3v) is 4.38. The first-order valence-corrected chi connectivity index (χ1v) is 7.12. The highest BCUT2D eigenvalue weighted by Crippen LogP contribution is 2.23. The summed E-state index contributed by atoms with van der Waals surface area (Å²) in [6.07, 6.45) is 0. The zero-order chi connectivity index (χ0) is 14.0. The van der Waals surface area contributed by atoms with Gasteiger partial charge in [-0.1, -0.05) is 23.8 Å². The number of rotatable bonds is 3. The largest absolute Gasteiger partial charge is 0.481 e. The molecular formula is C14H14NO3S. The van der Waals surface area contributed by atoms with Crippen molar-refractivity contribution in [3.8, 4) is 5.88 Å². The molecule has 0 saturated carbocycles. The minimum absolute atomic E-state index is 0.0411. The third-order valence-electron chi connectivity index (χ3n) is 2.71. The first kappa shape index (κ1) is 13.5. The third kappa shape index (κ3) is 2.61. The molecule has 1 aromatic carbocycles. The summed E-state index contributed by atoms with van der Waals surface area (Å²) in [4.78, 5) is 4.20. The molecule has 0 spiro atoms. The van der Waals surface area contributed by atoms with E-state index in [1.807, 2.05) is 6.92 Å². The molecule has 0 aliphatic rings. The number of aryl methyl sites for hydroxylation is 1. The number of ether oxygens (including phenoxy) is 1. The molecule has 1 aromatic heterocycles. The van der Waals surface area contributed by atoms with Crippen molar-refractivity contribution in [3.05, 3.63) is 54.4 Å². The van der Waals surface area contributed by atoms with Gasteiger partial charge in [0.1, 0.15) is 0 Å². The molecule has 2 rings (SSSR count). The van der Waals surface area contributed by atoms with E-state index in [4.69, 9.17) is 4.74 Å². The van der Waals surface area contributed by atoms with Crippen LogP contribution in [0.15, 0.2) is 46.3 Å². The normalized spacial score (nSPS) is 11.3. The van der Waals surface area contributed by atoms with Gasteiger partial charge in [-0.05, 0) is 32.0 Å². The van der Waals surface area contributed by atoms with Crippen molar-refractivity contribution >= 4 is 9.84 Å². The van der Waals surface area contributed by atoms with Crippen LogP contribution in [-0.4, -0.2) is 20.5 Å². The molecule has 0 N–H and O–H groups in total. The van der Waals surface area contributed by atoms with Crippen LogP contribution in [0.3, 0.4) is 0 Å². The van der Waals surface area contributed by atoms with E-state index in [2.05, 4.69) is 11.9 Å². The first-order chi connectivity index (χ1) is 8.95. The van der Waals surface area contributed by atoms with Crippen LogP contribution in [0.5, 0.6) is 5.88 Å². The summed E-state index contributed by atoms with van der Waals surface area (Å²) in [7, 11) is -2.19. The molecule has 0 unspecified atom stereocenters. The van der Waals surface area contributed by atoms with Crippen LogP contribution in [0.25, 0.3) is 0 Å². The quantitative estimate of drug-likeness (QED) is 0.864. The standard InChI is InChI=1S/C14H14NO3S/c1-10-4-7-12(8-5-10)19(16,17)13-9-6-11(2)14(15-13)18-3/h4-9H,2H2,1,3H3. The maximum atomic E-state index is 12.4. The molecular weight excluding hydrogens is 262 g/mol. The van der Waals surface area contributed by atoms with E-state index in [1.54, 1.807) is 30.3 Å². The predicted octanol–water partition coefficient (Wildman–Crippen LogP) is 2.41. The topological polar surface area (TPSA) is 56.3 Å². The summed E-state index contributed by atoms with van der Waals surface area (Å²) >= 11 is 0. The molecule has 0 atom stereocenters. The second kappa shape index (κ2) is 5.01. The first-order valence-electron chi connectivity index (χ1n) is 5.64. The second-order valence-corrected chi connectivity index (χ2v) is 6.03. The summed E-state index contributed by atoms with van der Waals surface area (Å²) in [5.41, 5.74) is 1.54. The molecule has 1 radical (unpaired) electrons. The highest BCUT2D eigenvalue weighted by atomic mass is 32.2. The number of nitrogens with zero attached hydrogens (tertiary/aromatic N) is 1. The Balaban J connectivity index is 2.53. The molecule has 19 heavy (non-hydrogen) atoms. The predicted molar refractivity (Wildman–Crippen MR) is 71.9 cm³/mol. The van der Waals surface area contributed by atoms with E-state index in [0.29, 0.717) is 5.56 Å². The van der Waals surface area contributed by atoms with Crippen molar-refractivity contribution in [2.45, 2.75) is 16.8 Å². The van der Waals surface area contributed by atoms with E-state index in [1.165, 1.54) is 13.2 Å². The molecule has 4 nitrogen and oxygen atoms in total. The zero-order valence-electron chi connectivity index (χ0n) is 10.8. The van der Waals surface area contributed by atoms with Crippen molar-refractivity contribution in [3.63, 3.8) is 0 Å². The van der Waals surface area contributed by atoms with Gasteiger partial charge in [0.15, 0.2) is 5.03 Å². The van der Waals surface area contributed by atoms with Crippen molar-refractivity contribution in [2.75, 3.05) is 7.11 Å². The van der Waals surface area contributed by atoms with Gasteiger partial charge in [-0.3, -0.25) is 0 Å². The summed E-state index contributed by atoms with van der Waals surface area (Å²) in [6, 6.07) is 9.64. The Labute approximate surface area is 113 Å². The average Bonchev–Trinajstić information content (AvgIpc) is 2.39. The molecule has 0 bridgehead atoms. The Hall–Kier alpha value is -1.88. The van der Waals surface area contributed by atoms with Gasteiger partial charge in [-0.15, -0.1) is 0 Å². The maximum Gasteiger partial charge on any atom is 0.223 e. The molecule has 0 amide bonds. The SMILES string of the molecule is [CH2]c1ccc(S(=O)(=O)c2ccc(C)cc2)nc1OC. The number of aromatic nitrogens is 1. The summed E-state index contributed by atoms with van der Waals surface area (Å²) in [6.45, 7) is 5.61. The van der Waals surface area contributed by atoms with Crippen LogP contribution < -0.4 is 4.74 Å². The van der Waals surface area contributed by atoms with Crippen molar-refractivity contribution in [1.29, 1.82) is 0 Å². The number of hydrogen-bond donors (Lipinski definition) is 0. The lowest BCUT2D eigenvalue weighted by molar-refractivity contribution is 0.392. The minimum atomic E-state index is -3.62. The van der Waals surface area contributed by atoms with E-state index in [9.17, 15) is 8.42 Å². The van der Waals surface area contributed by atoms with E-state index < -0.39 is 9.84 Å². The molecule has 0 aliphatic heterocycles. The highest BCUT2D eigenvalue weighted by Gasteiger charge is 2.20. The number of pyridine rings is 1. The van der Waals surface area contributed by atoms with Gasteiger partial charge in [-0.2, -0.15) is 0 Å². The molecule has 0 aliphatic carbocycles. The molecule has 0 saturated heterocycles. The van der Waals surface area contributed by atoms with Gasteiger partial charge in [0, 0.05) is 5.56 Å². The monoisotopic (exact) mass is 276 g/mol. The van der Waals surface area contributed by atoms with Crippen LogP contribution >= 0.6 is 0 Å². The van der Waals surface area contributed by atoms with Crippen molar-refractivity contribution < 1.29 is 13.2 Å². The number of benzene rings is 1. The van der Waals surface area contributed by atoms with Gasteiger partial charge in [-0.25, -0.2) is 13.4 Å². The Morgan fingerprint density at radius 2 is 1.74 bits per heavy atom. The lowest BCUT2D eigenvalue weighted by atomic mass is 10.2. The Kier molecular flexibility index (Phi) is 3.57. The van der Waals surface area contributed by atoms with Crippen molar-refractivity contribution in [1.82, 2.24) is 4.98 Å². The summed E-state index contributed by atoms with van der Waals surface area (Å²) in [5.74, 6) is 0.216. The molecule has 1 heterocycles. The Bertz CT molecular complexity index is 691. The van der Waals surface area contributed by atoms with Gasteiger partial charge < -0.3 is 4.74 Å². The van der Waals surface area contributed by atoms with Crippen LogP contribution in [0.2, 0.25) is 0 Å². The van der Waals surface area contributed by atoms with E-state index in [0.717, 1.165) is 5.56 Å². The smallest absolute Gasteiger partial charge is 0.223 e. The Morgan fingerprint density at radius 1 is 1.11 bits per heavy atom. The molecule has 5 heteroatoms. The average molecular weight is 276 g/mol. The van der Waals surface area contributed by atoms with Crippen molar-refractivity contribution in [2.24, 2.45) is 0 Å². The Morgan fingerprint density at radius 3 is 2.32 bits per heavy atom. The summed E-state index contributed by atoms with van der Waals surface area (Å²) in [5, 5.41) is -0.0411. The lowest BCUT2D eigenvalue weighted by Crippen LogP contribution is -2.06. The van der Waals surface area contributed by atoms with Gasteiger partial charge in [0.2, 0.25) is 15.7 Å². The van der Waals surface area contributed by atoms with E-state index >= 15 is 0 Å². The fraction of sp³-hybridized carbons (Fsp3) is 0.143. The summed E-state index contributed by atoms with van der Waals surface area (Å²) < 4.78 is 29.8. The number of methoxy groups -OCH3 is 1. The second-order valence-electron chi connectivity index (χ2n) is 4.13. The van der Waals surface area contributed by atoms with Crippen LogP contribution in [0, 0.1) is 13.8 Å². The lowest BCUT2D eigenvalue weighted by Gasteiger charge is -2.07. The molecule has 0 fully saturated rings. The van der Waals surface area contributed by atoms with Gasteiger partial charge >= 0.3 is 0 Å². The number of hydrogen-bond acceptors (Lipinski definition) is 4. The van der Waals surface area contributed by atoms with E-state index in [-0.39, 0.29) is 15.8 Å². The molecule has 2 aromatic rings. The minimum Gasteiger partial charge on any atom is -0.481 e. The highest BCUT2D eigenvalue weighted by molar-refractivity contribution is 7.91.